The van der Waals surface area contributed by atoms with Crippen molar-refractivity contribution >= 4 is 28.9 Å². The van der Waals surface area contributed by atoms with Gasteiger partial charge >= 0.3 is 0 Å². The van der Waals surface area contributed by atoms with E-state index in [2.05, 4.69) is 27.7 Å². The van der Waals surface area contributed by atoms with Crippen LogP contribution in [-0.4, -0.2) is 6.69 Å². The second kappa shape index (κ2) is 11.5. The lowest BCUT2D eigenvalue weighted by molar-refractivity contribution is 0.471. The van der Waals surface area contributed by atoms with Gasteiger partial charge in [-0.3, -0.25) is 0 Å². The fraction of sp³-hybridized carbons (Fsp3) is 1.00. The summed E-state index contributed by atoms with van der Waals surface area (Å²) >= 11 is 13.5. The predicted molar refractivity (Wildman–Crippen MR) is 93.7 cm³/mol. The number of hydrogen-bond donors (Lipinski definition) is 0. The summed E-state index contributed by atoms with van der Waals surface area (Å²) in [7, 11) is 0. The van der Waals surface area contributed by atoms with Crippen LogP contribution in [0.15, 0.2) is 0 Å². The van der Waals surface area contributed by atoms with Gasteiger partial charge in [-0.2, -0.15) is 0 Å². The van der Waals surface area contributed by atoms with Crippen LogP contribution in [-0.2, 0) is 0 Å². The average Bonchev–Trinajstić information content (AvgIpc) is 2.39. The molecule has 0 bridgehead atoms. The van der Waals surface area contributed by atoms with E-state index >= 15 is 0 Å². The van der Waals surface area contributed by atoms with Crippen molar-refractivity contribution in [2.75, 3.05) is 0 Å². The molecule has 0 aromatic carbocycles. The Morgan fingerprint density at radius 1 is 0.737 bits per heavy atom. The monoisotopic (exact) mass is 324 g/mol. The van der Waals surface area contributed by atoms with Gasteiger partial charge in [-0.1, -0.05) is 79.1 Å². The van der Waals surface area contributed by atoms with Gasteiger partial charge in [-0.15, -0.1) is 22.2 Å². The van der Waals surface area contributed by atoms with E-state index in [0.29, 0.717) is 0 Å². The van der Waals surface area contributed by atoms with Gasteiger partial charge in [-0.05, 0) is 23.9 Å². The molecule has 0 fully saturated rings. The first kappa shape index (κ1) is 19.8. The Morgan fingerprint density at radius 2 is 1.11 bits per heavy atom. The third-order valence-corrected chi connectivity index (χ3v) is 8.46. The molecule has 0 saturated heterocycles. The fourth-order valence-electron chi connectivity index (χ4n) is 2.81. The van der Waals surface area contributed by atoms with Gasteiger partial charge in [0.25, 0.3) is 6.69 Å². The summed E-state index contributed by atoms with van der Waals surface area (Å²) in [5.41, 5.74) is 0. The Balaban J connectivity index is 4.24. The molecule has 116 valence electrons. The SMILES string of the molecule is CCCCC(CC)C[Si](Cl)(Cl)CC(CC)CCCC. The Kier molecular flexibility index (Phi) is 11.9. The van der Waals surface area contributed by atoms with Crippen molar-refractivity contribution in [2.45, 2.75) is 91.1 Å². The third kappa shape index (κ3) is 10.2. The van der Waals surface area contributed by atoms with Gasteiger partial charge in [-0.25, -0.2) is 0 Å². The van der Waals surface area contributed by atoms with Crippen molar-refractivity contribution < 1.29 is 0 Å². The highest BCUT2D eigenvalue weighted by atomic mass is 35.7. The molecule has 2 unspecified atom stereocenters. The number of rotatable bonds is 12. The molecule has 0 nitrogen and oxygen atoms in total. The largest absolute Gasteiger partial charge is 0.251 e. The maximum atomic E-state index is 6.75. The van der Waals surface area contributed by atoms with Crippen LogP contribution in [0.25, 0.3) is 0 Å². The summed E-state index contributed by atoms with van der Waals surface area (Å²) < 4.78 is 0. The lowest BCUT2D eigenvalue weighted by Crippen LogP contribution is -2.26. The minimum Gasteiger partial charge on any atom is -0.146 e. The van der Waals surface area contributed by atoms with E-state index < -0.39 is 6.69 Å². The fourth-order valence-corrected chi connectivity index (χ4v) is 8.27. The molecule has 0 amide bonds. The molecule has 0 aliphatic rings. The van der Waals surface area contributed by atoms with E-state index in [1.54, 1.807) is 0 Å². The maximum Gasteiger partial charge on any atom is 0.251 e. The van der Waals surface area contributed by atoms with Gasteiger partial charge in [0.1, 0.15) is 0 Å². The zero-order valence-corrected chi connectivity index (χ0v) is 16.0. The molecule has 0 rings (SSSR count). The van der Waals surface area contributed by atoms with Crippen molar-refractivity contribution in [1.29, 1.82) is 0 Å². The molecule has 0 aliphatic heterocycles. The van der Waals surface area contributed by atoms with E-state index in [4.69, 9.17) is 22.2 Å². The van der Waals surface area contributed by atoms with Crippen molar-refractivity contribution in [3.05, 3.63) is 0 Å². The summed E-state index contributed by atoms with van der Waals surface area (Å²) in [6.45, 7) is 7.06. The molecule has 0 spiro atoms. The summed E-state index contributed by atoms with van der Waals surface area (Å²) in [6, 6.07) is 2.21. The van der Waals surface area contributed by atoms with E-state index in [1.807, 2.05) is 0 Å². The molecule has 0 aromatic rings. The smallest absolute Gasteiger partial charge is 0.146 e. The quantitative estimate of drug-likeness (QED) is 0.260. The van der Waals surface area contributed by atoms with Crippen LogP contribution in [0.3, 0.4) is 0 Å². The topological polar surface area (TPSA) is 0 Å². The first-order valence-electron chi connectivity index (χ1n) is 8.36. The van der Waals surface area contributed by atoms with Gasteiger partial charge in [0.15, 0.2) is 0 Å². The minimum absolute atomic E-state index is 0.755. The molecule has 3 heteroatoms. The molecular formula is C16H34Cl2Si. The summed E-state index contributed by atoms with van der Waals surface area (Å²) in [5.74, 6) is 1.51. The van der Waals surface area contributed by atoms with Gasteiger partial charge in [0.05, 0.1) is 0 Å². The van der Waals surface area contributed by atoms with Crippen LogP contribution in [0.2, 0.25) is 12.1 Å². The van der Waals surface area contributed by atoms with Crippen LogP contribution in [0.1, 0.15) is 79.1 Å². The Morgan fingerprint density at radius 3 is 1.37 bits per heavy atom. The highest BCUT2D eigenvalue weighted by Gasteiger charge is 2.33. The zero-order chi connectivity index (χ0) is 14.7. The van der Waals surface area contributed by atoms with Gasteiger partial charge in [0, 0.05) is 0 Å². The summed E-state index contributed by atoms with van der Waals surface area (Å²) in [4.78, 5) is 0. The molecule has 19 heavy (non-hydrogen) atoms. The number of halogens is 2. The van der Waals surface area contributed by atoms with Crippen molar-refractivity contribution in [2.24, 2.45) is 11.8 Å². The number of hydrogen-bond acceptors (Lipinski definition) is 0. The standard InChI is InChI=1S/C16H34Cl2Si/c1-5-9-11-15(7-3)13-19(17,18)14-16(8-4)12-10-6-2/h15-16H,5-14H2,1-4H3. The lowest BCUT2D eigenvalue weighted by atomic mass is 10.0. The molecule has 2 atom stereocenters. The molecule has 0 aromatic heterocycles. The van der Waals surface area contributed by atoms with Crippen molar-refractivity contribution in [1.82, 2.24) is 0 Å². The second-order valence-electron chi connectivity index (χ2n) is 6.10. The molecule has 0 radical (unpaired) electrons. The first-order valence-corrected chi connectivity index (χ1v) is 12.8. The lowest BCUT2D eigenvalue weighted by Gasteiger charge is -2.26. The van der Waals surface area contributed by atoms with Crippen molar-refractivity contribution in [3.8, 4) is 0 Å². The zero-order valence-electron chi connectivity index (χ0n) is 13.5. The average molecular weight is 325 g/mol. The molecule has 0 saturated carbocycles. The highest BCUT2D eigenvalue weighted by Crippen LogP contribution is 2.37. The summed E-state index contributed by atoms with van der Waals surface area (Å²) in [6.07, 6.45) is 10.3. The van der Waals surface area contributed by atoms with Crippen LogP contribution < -0.4 is 0 Å². The van der Waals surface area contributed by atoms with Gasteiger partial charge < -0.3 is 0 Å². The molecule has 0 N–H and O–H groups in total. The molecule has 0 heterocycles. The Bertz CT molecular complexity index is 187. The van der Waals surface area contributed by atoms with Crippen LogP contribution in [0, 0.1) is 11.8 Å². The maximum absolute atomic E-state index is 6.75. The Hall–Kier alpha value is 0.797. The first-order chi connectivity index (χ1) is 8.99. The van der Waals surface area contributed by atoms with Crippen LogP contribution >= 0.6 is 22.2 Å². The van der Waals surface area contributed by atoms with Gasteiger partial charge in [0.2, 0.25) is 0 Å². The van der Waals surface area contributed by atoms with Crippen molar-refractivity contribution in [3.63, 3.8) is 0 Å². The molecule has 0 aliphatic carbocycles. The van der Waals surface area contributed by atoms with E-state index in [1.165, 1.54) is 51.4 Å². The highest BCUT2D eigenvalue weighted by molar-refractivity contribution is 7.45. The molecular weight excluding hydrogens is 291 g/mol. The minimum atomic E-state index is -2.03. The third-order valence-electron chi connectivity index (χ3n) is 4.26. The predicted octanol–water partition coefficient (Wildman–Crippen LogP) is 7.34. The van der Waals surface area contributed by atoms with E-state index in [9.17, 15) is 0 Å². The Labute approximate surface area is 132 Å². The number of unbranched alkanes of at least 4 members (excludes halogenated alkanes) is 2. The normalized spacial score (nSPS) is 15.5. The summed E-state index contributed by atoms with van der Waals surface area (Å²) in [5, 5.41) is 0. The van der Waals surface area contributed by atoms with E-state index in [-0.39, 0.29) is 0 Å². The van der Waals surface area contributed by atoms with E-state index in [0.717, 1.165) is 23.9 Å². The second-order valence-corrected chi connectivity index (χ2v) is 13.5. The van der Waals surface area contributed by atoms with Crippen LogP contribution in [0.4, 0.5) is 0 Å². The van der Waals surface area contributed by atoms with Crippen LogP contribution in [0.5, 0.6) is 0 Å².